The van der Waals surface area contributed by atoms with Crippen molar-refractivity contribution in [2.24, 2.45) is 5.92 Å². The van der Waals surface area contributed by atoms with Gasteiger partial charge in [-0.25, -0.2) is 22.0 Å². The SMILES string of the molecule is Cc1cc(C(F)(F)F)nn1CC(C)C(=O)Nc1c(F)c(F)c(F)c(F)c1F. The summed E-state index contributed by atoms with van der Waals surface area (Å²) in [6.45, 7) is 2.04. The van der Waals surface area contributed by atoms with Crippen LogP contribution in [0.2, 0.25) is 0 Å². The zero-order valence-electron chi connectivity index (χ0n) is 13.7. The number of rotatable bonds is 4. The van der Waals surface area contributed by atoms with E-state index < -0.39 is 65.0 Å². The zero-order chi connectivity index (χ0) is 20.7. The molecule has 1 N–H and O–H groups in total. The van der Waals surface area contributed by atoms with Gasteiger partial charge in [0, 0.05) is 5.69 Å². The number of hydrogen-bond donors (Lipinski definition) is 1. The number of anilines is 1. The summed E-state index contributed by atoms with van der Waals surface area (Å²) >= 11 is 0. The summed E-state index contributed by atoms with van der Waals surface area (Å²) in [5.74, 6) is -13.7. The van der Waals surface area contributed by atoms with Crippen molar-refractivity contribution in [2.75, 3.05) is 5.32 Å². The molecule has 2 rings (SSSR count). The van der Waals surface area contributed by atoms with Gasteiger partial charge in [0.25, 0.3) is 0 Å². The van der Waals surface area contributed by atoms with Crippen molar-refractivity contribution in [3.05, 3.63) is 46.5 Å². The Morgan fingerprint density at radius 3 is 2.00 bits per heavy atom. The number of halogens is 8. The molecule has 148 valence electrons. The monoisotopic (exact) mass is 401 g/mol. The first-order chi connectivity index (χ1) is 12.3. The van der Waals surface area contributed by atoms with E-state index in [2.05, 4.69) is 5.10 Å². The average molecular weight is 401 g/mol. The minimum absolute atomic E-state index is 0.0539. The van der Waals surface area contributed by atoms with Gasteiger partial charge in [0.15, 0.2) is 29.0 Å². The van der Waals surface area contributed by atoms with Crippen LogP contribution in [0.25, 0.3) is 0 Å². The Hall–Kier alpha value is -2.66. The van der Waals surface area contributed by atoms with Crippen LogP contribution < -0.4 is 5.32 Å². The lowest BCUT2D eigenvalue weighted by Crippen LogP contribution is -2.27. The molecule has 1 aromatic heterocycles. The molecule has 1 atom stereocenters. The lowest BCUT2D eigenvalue weighted by Gasteiger charge is -2.15. The van der Waals surface area contributed by atoms with Gasteiger partial charge in [0.2, 0.25) is 11.7 Å². The van der Waals surface area contributed by atoms with Crippen LogP contribution in [0, 0.1) is 41.9 Å². The predicted molar refractivity (Wildman–Crippen MR) is 76.0 cm³/mol. The van der Waals surface area contributed by atoms with Gasteiger partial charge in [-0.15, -0.1) is 0 Å². The summed E-state index contributed by atoms with van der Waals surface area (Å²) in [5, 5.41) is 4.84. The lowest BCUT2D eigenvalue weighted by atomic mass is 10.1. The molecule has 0 aliphatic heterocycles. The minimum Gasteiger partial charge on any atom is -0.321 e. The Balaban J connectivity index is 2.22. The number of nitrogens with one attached hydrogen (secondary N) is 1. The summed E-state index contributed by atoms with van der Waals surface area (Å²) in [6.07, 6.45) is -4.71. The second kappa shape index (κ2) is 7.16. The van der Waals surface area contributed by atoms with E-state index in [9.17, 15) is 39.9 Å². The van der Waals surface area contributed by atoms with E-state index in [1.54, 1.807) is 5.32 Å². The van der Waals surface area contributed by atoms with Crippen LogP contribution in [0.15, 0.2) is 6.07 Å². The molecule has 12 heteroatoms. The fraction of sp³-hybridized carbons (Fsp3) is 0.333. The third kappa shape index (κ3) is 4.03. The van der Waals surface area contributed by atoms with E-state index in [4.69, 9.17) is 0 Å². The highest BCUT2D eigenvalue weighted by atomic mass is 19.4. The predicted octanol–water partition coefficient (Wildman–Crippen LogP) is 4.18. The summed E-state index contributed by atoms with van der Waals surface area (Å²) in [7, 11) is 0. The molecule has 0 aliphatic carbocycles. The van der Waals surface area contributed by atoms with Crippen LogP contribution in [0.5, 0.6) is 0 Å². The maximum Gasteiger partial charge on any atom is 0.435 e. The summed E-state index contributed by atoms with van der Waals surface area (Å²) < 4.78 is 105. The minimum atomic E-state index is -4.71. The van der Waals surface area contributed by atoms with E-state index in [1.807, 2.05) is 0 Å². The highest BCUT2D eigenvalue weighted by Gasteiger charge is 2.35. The van der Waals surface area contributed by atoms with Crippen LogP contribution in [-0.2, 0) is 17.5 Å². The first-order valence-electron chi connectivity index (χ1n) is 7.28. The second-order valence-electron chi connectivity index (χ2n) is 5.69. The van der Waals surface area contributed by atoms with Gasteiger partial charge in [-0.1, -0.05) is 6.92 Å². The maximum atomic E-state index is 13.6. The van der Waals surface area contributed by atoms with Crippen LogP contribution in [0.3, 0.4) is 0 Å². The second-order valence-corrected chi connectivity index (χ2v) is 5.69. The Bertz CT molecular complexity index is 861. The van der Waals surface area contributed by atoms with Crippen molar-refractivity contribution in [3.63, 3.8) is 0 Å². The van der Waals surface area contributed by atoms with Crippen LogP contribution >= 0.6 is 0 Å². The molecule has 1 aromatic carbocycles. The molecule has 1 unspecified atom stereocenters. The van der Waals surface area contributed by atoms with E-state index in [0.717, 1.165) is 10.7 Å². The molecule has 0 spiro atoms. The van der Waals surface area contributed by atoms with Gasteiger partial charge < -0.3 is 5.32 Å². The number of alkyl halides is 3. The standard InChI is InChI=1S/C15H11F8N3O/c1-5(4-26-6(2)3-7(25-26)15(21,22)23)14(27)24-13-11(19)9(17)8(16)10(18)12(13)20/h3,5H,4H2,1-2H3,(H,24,27). The van der Waals surface area contributed by atoms with Crippen LogP contribution in [0.4, 0.5) is 40.8 Å². The zero-order valence-corrected chi connectivity index (χ0v) is 13.7. The average Bonchev–Trinajstić information content (AvgIpc) is 2.96. The molecule has 0 saturated carbocycles. The van der Waals surface area contributed by atoms with Crippen molar-refractivity contribution in [2.45, 2.75) is 26.6 Å². The topological polar surface area (TPSA) is 46.9 Å². The van der Waals surface area contributed by atoms with Gasteiger partial charge in [0.1, 0.15) is 5.69 Å². The highest BCUT2D eigenvalue weighted by molar-refractivity contribution is 5.92. The van der Waals surface area contributed by atoms with E-state index in [1.165, 1.54) is 13.8 Å². The number of nitrogens with zero attached hydrogens (tertiary/aromatic N) is 2. The Morgan fingerprint density at radius 1 is 1.07 bits per heavy atom. The first kappa shape index (κ1) is 20.6. The molecule has 0 aliphatic rings. The van der Waals surface area contributed by atoms with Gasteiger partial charge in [-0.3, -0.25) is 9.48 Å². The third-order valence-electron chi connectivity index (χ3n) is 3.62. The normalized spacial score (nSPS) is 13.0. The summed E-state index contributed by atoms with van der Waals surface area (Å²) in [6, 6.07) is 0.731. The molecule has 0 radical (unpaired) electrons. The Morgan fingerprint density at radius 2 is 1.56 bits per heavy atom. The first-order valence-corrected chi connectivity index (χ1v) is 7.28. The van der Waals surface area contributed by atoms with Gasteiger partial charge >= 0.3 is 6.18 Å². The quantitative estimate of drug-likeness (QED) is 0.475. The van der Waals surface area contributed by atoms with E-state index >= 15 is 0 Å². The number of carbonyl (C=O) groups is 1. The molecule has 1 heterocycles. The molecule has 0 saturated heterocycles. The number of hydrogen-bond acceptors (Lipinski definition) is 2. The van der Waals surface area contributed by atoms with Crippen LogP contribution in [0.1, 0.15) is 18.3 Å². The Kier molecular flexibility index (Phi) is 5.47. The third-order valence-corrected chi connectivity index (χ3v) is 3.62. The number of benzene rings is 1. The number of carbonyl (C=O) groups excluding carboxylic acids is 1. The van der Waals surface area contributed by atoms with E-state index in [-0.39, 0.29) is 5.69 Å². The number of aromatic nitrogens is 2. The smallest absolute Gasteiger partial charge is 0.321 e. The highest BCUT2D eigenvalue weighted by Crippen LogP contribution is 2.29. The molecule has 4 nitrogen and oxygen atoms in total. The molecule has 0 fully saturated rings. The van der Waals surface area contributed by atoms with Crippen molar-refractivity contribution < 1.29 is 39.9 Å². The summed E-state index contributed by atoms with van der Waals surface area (Å²) in [5.41, 5.74) is -2.69. The molecular formula is C15H11F8N3O. The lowest BCUT2D eigenvalue weighted by molar-refractivity contribution is -0.141. The number of aryl methyl sites for hydroxylation is 1. The Labute approximate surface area is 146 Å². The van der Waals surface area contributed by atoms with Gasteiger partial charge in [0.05, 0.1) is 12.5 Å². The van der Waals surface area contributed by atoms with Crippen LogP contribution in [-0.4, -0.2) is 15.7 Å². The fourth-order valence-electron chi connectivity index (χ4n) is 2.14. The fourth-order valence-corrected chi connectivity index (χ4v) is 2.14. The van der Waals surface area contributed by atoms with Gasteiger partial charge in [-0.05, 0) is 13.0 Å². The maximum absolute atomic E-state index is 13.6. The van der Waals surface area contributed by atoms with Crippen molar-refractivity contribution in [3.8, 4) is 0 Å². The van der Waals surface area contributed by atoms with Gasteiger partial charge in [-0.2, -0.15) is 18.3 Å². The largest absolute Gasteiger partial charge is 0.435 e. The molecular weight excluding hydrogens is 390 g/mol. The van der Waals surface area contributed by atoms with Crippen molar-refractivity contribution in [1.82, 2.24) is 9.78 Å². The summed E-state index contributed by atoms with van der Waals surface area (Å²) in [4.78, 5) is 12.0. The van der Waals surface area contributed by atoms with Crippen molar-refractivity contribution in [1.29, 1.82) is 0 Å². The molecule has 0 bridgehead atoms. The van der Waals surface area contributed by atoms with Crippen molar-refractivity contribution >= 4 is 11.6 Å². The van der Waals surface area contributed by atoms with E-state index in [0.29, 0.717) is 0 Å². The molecule has 27 heavy (non-hydrogen) atoms. The number of amides is 1. The molecule has 1 amide bonds. The molecule has 2 aromatic rings.